The normalized spacial score (nSPS) is 11.6. The smallest absolute Gasteiger partial charge is 0.341 e. The highest BCUT2D eigenvalue weighted by Crippen LogP contribution is 2.28. The van der Waals surface area contributed by atoms with Gasteiger partial charge in [0.2, 0.25) is 0 Å². The molecule has 0 aliphatic heterocycles. The van der Waals surface area contributed by atoms with Crippen LogP contribution in [0.3, 0.4) is 0 Å². The van der Waals surface area contributed by atoms with Gasteiger partial charge in [0.05, 0.1) is 20.5 Å². The molecule has 0 aromatic heterocycles. The summed E-state index contributed by atoms with van der Waals surface area (Å²) in [6.45, 7) is 0. The van der Waals surface area contributed by atoms with Gasteiger partial charge in [0, 0.05) is 15.6 Å². The Hall–Kier alpha value is -2.23. The molecule has 0 fully saturated rings. The predicted molar refractivity (Wildman–Crippen MR) is 98.8 cm³/mol. The van der Waals surface area contributed by atoms with E-state index in [9.17, 15) is 4.79 Å². The van der Waals surface area contributed by atoms with Gasteiger partial charge < -0.3 is 9.47 Å². The van der Waals surface area contributed by atoms with E-state index in [-0.39, 0.29) is 0 Å². The molecule has 5 heteroatoms. The molecule has 0 aliphatic rings. The van der Waals surface area contributed by atoms with E-state index < -0.39 is 5.97 Å². The third-order valence-corrected chi connectivity index (χ3v) is 3.98. The number of halogens is 2. The molecule has 2 aromatic rings. The van der Waals surface area contributed by atoms with E-state index in [0.29, 0.717) is 26.7 Å². The fraction of sp³-hybridized carbons (Fsp3) is 0.105. The van der Waals surface area contributed by atoms with Crippen LogP contribution in [0.2, 0.25) is 10.0 Å². The molecule has 0 aliphatic carbocycles. The number of rotatable bonds is 5. The maximum Gasteiger partial charge on any atom is 0.341 e. The number of carbonyl (C=O) groups is 1. The summed E-state index contributed by atoms with van der Waals surface area (Å²) in [5, 5.41) is 1.11. The molecule has 0 heterocycles. The number of hydrogen-bond acceptors (Lipinski definition) is 3. The molecule has 0 saturated carbocycles. The molecule has 0 radical (unpaired) electrons. The number of methoxy groups -OCH3 is 2. The van der Waals surface area contributed by atoms with Gasteiger partial charge in [0.15, 0.2) is 0 Å². The molecule has 2 rings (SSSR count). The van der Waals surface area contributed by atoms with Crippen LogP contribution in [0.1, 0.15) is 16.7 Å². The molecular weight excluding hydrogens is 347 g/mol. The monoisotopic (exact) mass is 362 g/mol. The second kappa shape index (κ2) is 8.57. The Balaban J connectivity index is 2.48. The molecule has 0 amide bonds. The van der Waals surface area contributed by atoms with Crippen LogP contribution < -0.4 is 0 Å². The first-order chi connectivity index (χ1) is 11.6. The van der Waals surface area contributed by atoms with Crippen LogP contribution in [0.4, 0.5) is 0 Å². The molecule has 24 heavy (non-hydrogen) atoms. The summed E-state index contributed by atoms with van der Waals surface area (Å²) in [5.74, 6) is -0.478. The average Bonchev–Trinajstić information content (AvgIpc) is 2.59. The predicted octanol–water partition coefficient (Wildman–Crippen LogP) is 5.32. The zero-order chi connectivity index (χ0) is 17.5. The Morgan fingerprint density at radius 1 is 0.958 bits per heavy atom. The number of carbonyl (C=O) groups excluding carboxylic acids is 1. The van der Waals surface area contributed by atoms with Gasteiger partial charge in [-0.3, -0.25) is 0 Å². The van der Waals surface area contributed by atoms with E-state index in [0.717, 1.165) is 5.56 Å². The third kappa shape index (κ3) is 4.19. The minimum atomic E-state index is -0.478. The summed E-state index contributed by atoms with van der Waals surface area (Å²) in [7, 11) is 2.80. The highest BCUT2D eigenvalue weighted by molar-refractivity contribution is 6.37. The lowest BCUT2D eigenvalue weighted by atomic mass is 9.99. The van der Waals surface area contributed by atoms with E-state index in [1.54, 1.807) is 18.2 Å². The van der Waals surface area contributed by atoms with Crippen molar-refractivity contribution in [1.82, 2.24) is 0 Å². The zero-order valence-corrected chi connectivity index (χ0v) is 14.8. The Labute approximate surface area is 151 Å². The first-order valence-electron chi connectivity index (χ1n) is 7.11. The van der Waals surface area contributed by atoms with Crippen molar-refractivity contribution >= 4 is 46.9 Å². The van der Waals surface area contributed by atoms with Crippen molar-refractivity contribution in [3.8, 4) is 0 Å². The lowest BCUT2D eigenvalue weighted by Gasteiger charge is -2.09. The summed E-state index contributed by atoms with van der Waals surface area (Å²) < 4.78 is 9.83. The SMILES string of the molecule is CO/C=C(\C(=O)OC)c1ccccc1/C=C/c1c(Cl)cccc1Cl. The van der Waals surface area contributed by atoms with Crippen molar-refractivity contribution in [1.29, 1.82) is 0 Å². The summed E-state index contributed by atoms with van der Waals surface area (Å²) in [6.07, 6.45) is 5.01. The molecule has 0 bridgehead atoms. The van der Waals surface area contributed by atoms with Gasteiger partial charge in [-0.05, 0) is 23.3 Å². The van der Waals surface area contributed by atoms with Gasteiger partial charge in [-0.2, -0.15) is 0 Å². The zero-order valence-electron chi connectivity index (χ0n) is 13.3. The topological polar surface area (TPSA) is 35.5 Å². The Bertz CT molecular complexity index is 775. The molecular formula is C19H16Cl2O3. The van der Waals surface area contributed by atoms with Crippen LogP contribution in [0.5, 0.6) is 0 Å². The van der Waals surface area contributed by atoms with Crippen molar-refractivity contribution in [2.45, 2.75) is 0 Å². The highest BCUT2D eigenvalue weighted by atomic mass is 35.5. The highest BCUT2D eigenvalue weighted by Gasteiger charge is 2.15. The van der Waals surface area contributed by atoms with Crippen LogP contribution in [0.25, 0.3) is 17.7 Å². The van der Waals surface area contributed by atoms with E-state index in [1.165, 1.54) is 20.5 Å². The molecule has 3 nitrogen and oxygen atoms in total. The molecule has 0 saturated heterocycles. The van der Waals surface area contributed by atoms with Gasteiger partial charge >= 0.3 is 5.97 Å². The Kier molecular flexibility index (Phi) is 6.47. The van der Waals surface area contributed by atoms with Crippen molar-refractivity contribution in [2.75, 3.05) is 14.2 Å². The Morgan fingerprint density at radius 2 is 1.62 bits per heavy atom. The second-order valence-corrected chi connectivity index (χ2v) is 5.63. The van der Waals surface area contributed by atoms with Crippen LogP contribution >= 0.6 is 23.2 Å². The fourth-order valence-corrected chi connectivity index (χ4v) is 2.70. The fourth-order valence-electron chi connectivity index (χ4n) is 2.18. The van der Waals surface area contributed by atoms with E-state index in [2.05, 4.69) is 0 Å². The second-order valence-electron chi connectivity index (χ2n) is 4.81. The van der Waals surface area contributed by atoms with Gasteiger partial charge in [0.1, 0.15) is 5.57 Å². The lowest BCUT2D eigenvalue weighted by molar-refractivity contribution is -0.133. The first kappa shape index (κ1) is 18.1. The van der Waals surface area contributed by atoms with E-state index in [4.69, 9.17) is 32.7 Å². The van der Waals surface area contributed by atoms with Crippen LogP contribution in [-0.2, 0) is 14.3 Å². The van der Waals surface area contributed by atoms with Crippen molar-refractivity contribution in [2.24, 2.45) is 0 Å². The maximum absolute atomic E-state index is 12.0. The van der Waals surface area contributed by atoms with Crippen LogP contribution in [-0.4, -0.2) is 20.2 Å². The van der Waals surface area contributed by atoms with Crippen LogP contribution in [0, 0.1) is 0 Å². The number of esters is 1. The average molecular weight is 363 g/mol. The largest absolute Gasteiger partial charge is 0.503 e. The van der Waals surface area contributed by atoms with Crippen molar-refractivity contribution < 1.29 is 14.3 Å². The number of ether oxygens (including phenoxy) is 2. The number of benzene rings is 2. The van der Waals surface area contributed by atoms with Gasteiger partial charge in [0.25, 0.3) is 0 Å². The summed E-state index contributed by atoms with van der Waals surface area (Å²) in [5.41, 5.74) is 2.53. The summed E-state index contributed by atoms with van der Waals surface area (Å²) in [6, 6.07) is 12.7. The minimum absolute atomic E-state index is 0.325. The standard InChI is InChI=1S/C19H16Cl2O3/c1-23-12-16(19(22)24-2)14-7-4-3-6-13(14)10-11-15-17(20)8-5-9-18(15)21/h3-12H,1-2H3/b11-10+,16-12-. The van der Waals surface area contributed by atoms with Crippen LogP contribution in [0.15, 0.2) is 48.7 Å². The number of hydrogen-bond donors (Lipinski definition) is 0. The lowest BCUT2D eigenvalue weighted by Crippen LogP contribution is -2.05. The van der Waals surface area contributed by atoms with Crippen molar-refractivity contribution in [3.63, 3.8) is 0 Å². The summed E-state index contributed by atoms with van der Waals surface area (Å²) >= 11 is 12.4. The Morgan fingerprint density at radius 3 is 2.25 bits per heavy atom. The quantitative estimate of drug-likeness (QED) is 0.312. The van der Waals surface area contributed by atoms with E-state index >= 15 is 0 Å². The van der Waals surface area contributed by atoms with Gasteiger partial charge in [-0.1, -0.05) is 65.7 Å². The molecule has 0 N–H and O–H groups in total. The molecule has 0 unspecified atom stereocenters. The summed E-state index contributed by atoms with van der Waals surface area (Å²) in [4.78, 5) is 12.0. The van der Waals surface area contributed by atoms with Gasteiger partial charge in [-0.15, -0.1) is 0 Å². The molecule has 0 atom stereocenters. The minimum Gasteiger partial charge on any atom is -0.503 e. The molecule has 124 valence electrons. The first-order valence-corrected chi connectivity index (χ1v) is 7.87. The molecule has 0 spiro atoms. The third-order valence-electron chi connectivity index (χ3n) is 3.32. The van der Waals surface area contributed by atoms with Gasteiger partial charge in [-0.25, -0.2) is 4.79 Å². The molecule has 2 aromatic carbocycles. The van der Waals surface area contributed by atoms with E-state index in [1.807, 2.05) is 36.4 Å². The maximum atomic E-state index is 12.0. The van der Waals surface area contributed by atoms with Crippen molar-refractivity contribution in [3.05, 3.63) is 75.5 Å².